The summed E-state index contributed by atoms with van der Waals surface area (Å²) in [6.45, 7) is 6.97. The number of nitrogens with one attached hydrogen (secondary N) is 1. The molecule has 1 N–H and O–H groups in total. The van der Waals surface area contributed by atoms with Crippen LogP contribution in [-0.4, -0.2) is 61.7 Å². The van der Waals surface area contributed by atoms with E-state index in [1.54, 1.807) is 14.0 Å². The van der Waals surface area contributed by atoms with Gasteiger partial charge in [-0.15, -0.1) is 0 Å². The van der Waals surface area contributed by atoms with Crippen LogP contribution in [-0.2, 0) is 4.79 Å². The molecule has 1 aliphatic heterocycles. The standard InChI is InChI=1S/C20H32N4O2/c1-16(25)22-18-7-5-17(6-8-18)9-11-23-12-14-24(15-13-23)20-19(26-2)4-3-10-21-20/h3-4,10,17-18H,5-9,11-15H2,1-2H3,(H,22,25). The summed E-state index contributed by atoms with van der Waals surface area (Å²) >= 11 is 0. The van der Waals surface area contributed by atoms with Gasteiger partial charge in [0.25, 0.3) is 0 Å². The number of hydrogen-bond acceptors (Lipinski definition) is 5. The van der Waals surface area contributed by atoms with E-state index >= 15 is 0 Å². The molecule has 0 aromatic carbocycles. The molecule has 1 amide bonds. The number of amides is 1. The van der Waals surface area contributed by atoms with E-state index in [2.05, 4.69) is 20.1 Å². The third-order valence-corrected chi connectivity index (χ3v) is 5.75. The first-order valence-corrected chi connectivity index (χ1v) is 9.89. The van der Waals surface area contributed by atoms with Crippen molar-refractivity contribution in [2.24, 2.45) is 5.92 Å². The fourth-order valence-corrected chi connectivity index (χ4v) is 4.21. The molecular formula is C20H32N4O2. The molecule has 6 nitrogen and oxygen atoms in total. The molecular weight excluding hydrogens is 328 g/mol. The van der Waals surface area contributed by atoms with Gasteiger partial charge in [0.05, 0.1) is 7.11 Å². The molecule has 6 heteroatoms. The maximum Gasteiger partial charge on any atom is 0.217 e. The van der Waals surface area contributed by atoms with Crippen LogP contribution in [0.25, 0.3) is 0 Å². The van der Waals surface area contributed by atoms with Crippen LogP contribution in [0.2, 0.25) is 0 Å². The number of carbonyl (C=O) groups excluding carboxylic acids is 1. The number of carbonyl (C=O) groups is 1. The van der Waals surface area contributed by atoms with E-state index in [1.165, 1.54) is 25.8 Å². The smallest absolute Gasteiger partial charge is 0.217 e. The lowest BCUT2D eigenvalue weighted by atomic mass is 9.84. The number of rotatable bonds is 6. The van der Waals surface area contributed by atoms with E-state index in [9.17, 15) is 4.79 Å². The molecule has 1 saturated carbocycles. The fraction of sp³-hybridized carbons (Fsp3) is 0.700. The van der Waals surface area contributed by atoms with Gasteiger partial charge in [-0.05, 0) is 56.7 Å². The van der Waals surface area contributed by atoms with E-state index in [4.69, 9.17) is 4.74 Å². The Hall–Kier alpha value is -1.82. The maximum atomic E-state index is 11.2. The second-order valence-corrected chi connectivity index (χ2v) is 7.56. The predicted octanol–water partition coefficient (Wildman–Crippen LogP) is 2.30. The molecule has 3 rings (SSSR count). The van der Waals surface area contributed by atoms with Crippen LogP contribution in [0.5, 0.6) is 5.75 Å². The van der Waals surface area contributed by atoms with Crippen molar-refractivity contribution in [1.29, 1.82) is 0 Å². The Morgan fingerprint density at radius 3 is 2.62 bits per heavy atom. The van der Waals surface area contributed by atoms with Crippen LogP contribution in [0.4, 0.5) is 5.82 Å². The van der Waals surface area contributed by atoms with Crippen LogP contribution >= 0.6 is 0 Å². The second-order valence-electron chi connectivity index (χ2n) is 7.56. The molecule has 2 fully saturated rings. The van der Waals surface area contributed by atoms with Crippen molar-refractivity contribution in [2.45, 2.75) is 45.1 Å². The average Bonchev–Trinajstić information content (AvgIpc) is 2.67. The largest absolute Gasteiger partial charge is 0.493 e. The molecule has 1 aromatic heterocycles. The van der Waals surface area contributed by atoms with E-state index in [0.29, 0.717) is 6.04 Å². The minimum absolute atomic E-state index is 0.107. The molecule has 1 saturated heterocycles. The number of anilines is 1. The highest BCUT2D eigenvalue weighted by Gasteiger charge is 2.24. The third kappa shape index (κ3) is 5.10. The molecule has 0 atom stereocenters. The monoisotopic (exact) mass is 360 g/mol. The number of piperazine rings is 1. The van der Waals surface area contributed by atoms with E-state index in [1.807, 2.05) is 18.3 Å². The highest BCUT2D eigenvalue weighted by molar-refractivity contribution is 5.73. The first-order valence-electron chi connectivity index (χ1n) is 9.89. The molecule has 2 aliphatic rings. The van der Waals surface area contributed by atoms with Crippen molar-refractivity contribution in [3.63, 3.8) is 0 Å². The van der Waals surface area contributed by atoms with Crippen LogP contribution in [0, 0.1) is 5.92 Å². The van der Waals surface area contributed by atoms with Crippen molar-refractivity contribution < 1.29 is 9.53 Å². The summed E-state index contributed by atoms with van der Waals surface area (Å²) in [5.41, 5.74) is 0. The summed E-state index contributed by atoms with van der Waals surface area (Å²) in [7, 11) is 1.71. The van der Waals surface area contributed by atoms with Gasteiger partial charge in [-0.2, -0.15) is 0 Å². The van der Waals surface area contributed by atoms with Gasteiger partial charge >= 0.3 is 0 Å². The first kappa shape index (κ1) is 19.0. The molecule has 0 spiro atoms. The highest BCUT2D eigenvalue weighted by Crippen LogP contribution is 2.28. The quantitative estimate of drug-likeness (QED) is 0.844. The van der Waals surface area contributed by atoms with Crippen LogP contribution in [0.15, 0.2) is 18.3 Å². The summed E-state index contributed by atoms with van der Waals surface area (Å²) in [4.78, 5) is 20.6. The van der Waals surface area contributed by atoms with Crippen molar-refractivity contribution in [3.05, 3.63) is 18.3 Å². The minimum Gasteiger partial charge on any atom is -0.493 e. The summed E-state index contributed by atoms with van der Waals surface area (Å²) in [6.07, 6.45) is 7.88. The Bertz CT molecular complexity index is 579. The molecule has 0 radical (unpaired) electrons. The Labute approximate surface area is 156 Å². The number of nitrogens with zero attached hydrogens (tertiary/aromatic N) is 3. The molecule has 0 unspecified atom stereocenters. The van der Waals surface area contributed by atoms with Gasteiger partial charge < -0.3 is 15.0 Å². The van der Waals surface area contributed by atoms with Crippen LogP contribution < -0.4 is 15.0 Å². The molecule has 1 aromatic rings. The Kier molecular flexibility index (Phi) is 6.72. The minimum atomic E-state index is 0.107. The zero-order chi connectivity index (χ0) is 18.4. The Morgan fingerprint density at radius 1 is 1.23 bits per heavy atom. The topological polar surface area (TPSA) is 57.7 Å². The van der Waals surface area contributed by atoms with Gasteiger partial charge in [0.1, 0.15) is 0 Å². The molecule has 26 heavy (non-hydrogen) atoms. The van der Waals surface area contributed by atoms with Gasteiger partial charge in [-0.3, -0.25) is 9.69 Å². The van der Waals surface area contributed by atoms with Gasteiger partial charge in [-0.25, -0.2) is 4.98 Å². The zero-order valence-electron chi connectivity index (χ0n) is 16.1. The predicted molar refractivity (Wildman–Crippen MR) is 104 cm³/mol. The SMILES string of the molecule is COc1cccnc1N1CCN(CCC2CCC(NC(C)=O)CC2)CC1. The van der Waals surface area contributed by atoms with Gasteiger partial charge in [-0.1, -0.05) is 0 Å². The number of ether oxygens (including phenoxy) is 1. The normalized spacial score (nSPS) is 24.3. The summed E-state index contributed by atoms with van der Waals surface area (Å²) in [6, 6.07) is 4.30. The van der Waals surface area contributed by atoms with Crippen LogP contribution in [0.3, 0.4) is 0 Å². The highest BCUT2D eigenvalue weighted by atomic mass is 16.5. The number of aromatic nitrogens is 1. The average molecular weight is 361 g/mol. The lowest BCUT2D eigenvalue weighted by Crippen LogP contribution is -2.47. The number of pyridine rings is 1. The maximum absolute atomic E-state index is 11.2. The second kappa shape index (κ2) is 9.21. The summed E-state index contributed by atoms with van der Waals surface area (Å²) < 4.78 is 5.44. The van der Waals surface area contributed by atoms with Gasteiger partial charge in [0.2, 0.25) is 5.91 Å². The van der Waals surface area contributed by atoms with Crippen LogP contribution in [0.1, 0.15) is 39.0 Å². The fourth-order valence-electron chi connectivity index (χ4n) is 4.21. The molecule has 2 heterocycles. The lowest BCUT2D eigenvalue weighted by Gasteiger charge is -2.37. The van der Waals surface area contributed by atoms with E-state index in [0.717, 1.165) is 56.5 Å². The number of hydrogen-bond donors (Lipinski definition) is 1. The van der Waals surface area contributed by atoms with Gasteiger partial charge in [0.15, 0.2) is 11.6 Å². The molecule has 144 valence electrons. The molecule has 1 aliphatic carbocycles. The summed E-state index contributed by atoms with van der Waals surface area (Å²) in [5.74, 6) is 2.74. The Balaban J connectivity index is 1.38. The third-order valence-electron chi connectivity index (χ3n) is 5.75. The summed E-state index contributed by atoms with van der Waals surface area (Å²) in [5, 5.41) is 3.07. The van der Waals surface area contributed by atoms with Gasteiger partial charge in [0, 0.05) is 45.3 Å². The first-order chi connectivity index (χ1) is 12.7. The zero-order valence-corrected chi connectivity index (χ0v) is 16.1. The Morgan fingerprint density at radius 2 is 1.96 bits per heavy atom. The lowest BCUT2D eigenvalue weighted by molar-refractivity contribution is -0.119. The van der Waals surface area contributed by atoms with Crippen molar-refractivity contribution in [2.75, 3.05) is 44.7 Å². The van der Waals surface area contributed by atoms with Crippen molar-refractivity contribution >= 4 is 11.7 Å². The van der Waals surface area contributed by atoms with Crippen molar-refractivity contribution in [1.82, 2.24) is 15.2 Å². The van der Waals surface area contributed by atoms with Crippen molar-refractivity contribution in [3.8, 4) is 5.75 Å². The number of methoxy groups -OCH3 is 1. The van der Waals surface area contributed by atoms with E-state index < -0.39 is 0 Å². The van der Waals surface area contributed by atoms with E-state index in [-0.39, 0.29) is 5.91 Å². The molecule has 0 bridgehead atoms.